The molecule has 0 aromatic heterocycles. The highest BCUT2D eigenvalue weighted by Crippen LogP contribution is 2.56. The zero-order chi connectivity index (χ0) is 16.3. The van der Waals surface area contributed by atoms with Crippen molar-refractivity contribution in [1.29, 1.82) is 0 Å². The Hall–Kier alpha value is -2.02. The molecule has 0 spiro atoms. The summed E-state index contributed by atoms with van der Waals surface area (Å²) >= 11 is 0. The number of ether oxygens (including phenoxy) is 1. The highest BCUT2D eigenvalue weighted by molar-refractivity contribution is 5.66. The first-order valence-corrected chi connectivity index (χ1v) is 8.43. The van der Waals surface area contributed by atoms with Crippen LogP contribution in [0.2, 0.25) is 0 Å². The van der Waals surface area contributed by atoms with E-state index in [-0.39, 0.29) is 12.0 Å². The van der Waals surface area contributed by atoms with Gasteiger partial charge in [0.05, 0.1) is 6.57 Å². The molecule has 0 heterocycles. The first-order valence-electron chi connectivity index (χ1n) is 8.43. The van der Waals surface area contributed by atoms with E-state index < -0.39 is 5.97 Å². The van der Waals surface area contributed by atoms with Gasteiger partial charge in [0.15, 0.2) is 5.69 Å². The average Bonchev–Trinajstić information content (AvgIpc) is 2.56. The average molecular weight is 313 g/mol. The summed E-state index contributed by atoms with van der Waals surface area (Å²) in [5.74, 6) is 0.115. The number of carbonyl (C=O) groups is 1. The number of aliphatic carboxylic acids is 1. The maximum Gasteiger partial charge on any atom is 0.303 e. The Kier molecular flexibility index (Phi) is 4.30. The van der Waals surface area contributed by atoms with Gasteiger partial charge in [0.25, 0.3) is 0 Å². The van der Waals surface area contributed by atoms with Crippen molar-refractivity contribution in [1.82, 2.24) is 0 Å². The predicted octanol–water partition coefficient (Wildman–Crippen LogP) is 4.96. The lowest BCUT2D eigenvalue weighted by Crippen LogP contribution is -2.49. The second-order valence-electron chi connectivity index (χ2n) is 7.14. The fourth-order valence-electron chi connectivity index (χ4n) is 4.24. The third kappa shape index (κ3) is 3.50. The second kappa shape index (κ2) is 6.23. The third-order valence-electron chi connectivity index (χ3n) is 5.71. The lowest BCUT2D eigenvalue weighted by molar-refractivity contribution is -0.137. The molecule has 3 saturated carbocycles. The van der Waals surface area contributed by atoms with Crippen LogP contribution in [-0.4, -0.2) is 16.7 Å². The van der Waals surface area contributed by atoms with Crippen LogP contribution in [0.5, 0.6) is 5.75 Å². The first kappa shape index (κ1) is 15.9. The molecule has 0 saturated heterocycles. The van der Waals surface area contributed by atoms with E-state index in [1.807, 2.05) is 18.2 Å². The Labute approximate surface area is 137 Å². The molecule has 0 amide bonds. The van der Waals surface area contributed by atoms with Crippen molar-refractivity contribution in [3.05, 3.63) is 35.7 Å². The Morgan fingerprint density at radius 1 is 1.22 bits per heavy atom. The van der Waals surface area contributed by atoms with Gasteiger partial charge >= 0.3 is 5.97 Å². The molecular formula is C19H23NO3. The molecule has 1 N–H and O–H groups in total. The minimum atomic E-state index is -0.689. The van der Waals surface area contributed by atoms with E-state index in [2.05, 4.69) is 4.85 Å². The number of carboxylic acids is 1. The molecule has 0 unspecified atom stereocenters. The van der Waals surface area contributed by atoms with Gasteiger partial charge in [0, 0.05) is 6.42 Å². The Balaban J connectivity index is 1.60. The van der Waals surface area contributed by atoms with Crippen molar-refractivity contribution in [3.8, 4) is 5.75 Å². The summed E-state index contributed by atoms with van der Waals surface area (Å²) in [5, 5.41) is 8.82. The number of nitrogens with zero attached hydrogens (tertiary/aromatic N) is 1. The maximum absolute atomic E-state index is 10.7. The van der Waals surface area contributed by atoms with Gasteiger partial charge in [0.2, 0.25) is 0 Å². The monoisotopic (exact) mass is 313 g/mol. The molecule has 3 aliphatic rings. The minimum absolute atomic E-state index is 0.0742. The molecule has 2 bridgehead atoms. The molecule has 0 radical (unpaired) electrons. The van der Waals surface area contributed by atoms with Crippen LogP contribution in [0.4, 0.5) is 5.69 Å². The summed E-state index contributed by atoms with van der Waals surface area (Å²) in [5.41, 5.74) is 0.891. The lowest BCUT2D eigenvalue weighted by atomic mass is 9.57. The highest BCUT2D eigenvalue weighted by atomic mass is 16.5. The molecule has 3 aliphatic carbocycles. The van der Waals surface area contributed by atoms with Crippen molar-refractivity contribution in [2.24, 2.45) is 5.41 Å². The van der Waals surface area contributed by atoms with E-state index in [1.54, 1.807) is 6.07 Å². The molecular weight excluding hydrogens is 290 g/mol. The number of rotatable bonds is 6. The molecule has 4 nitrogen and oxygen atoms in total. The van der Waals surface area contributed by atoms with Gasteiger partial charge in [-0.3, -0.25) is 4.79 Å². The third-order valence-corrected chi connectivity index (χ3v) is 5.71. The first-order chi connectivity index (χ1) is 11.0. The van der Waals surface area contributed by atoms with Crippen LogP contribution in [0.3, 0.4) is 0 Å². The normalized spacial score (nSPS) is 29.0. The van der Waals surface area contributed by atoms with E-state index in [0.29, 0.717) is 11.1 Å². The number of fused-ring (bicyclic) bond motifs is 3. The van der Waals surface area contributed by atoms with Gasteiger partial charge in [-0.15, -0.1) is 0 Å². The van der Waals surface area contributed by atoms with Gasteiger partial charge in [-0.25, -0.2) is 4.85 Å². The van der Waals surface area contributed by atoms with Gasteiger partial charge in [-0.2, -0.15) is 0 Å². The summed E-state index contributed by atoms with van der Waals surface area (Å²) in [6.45, 7) is 7.11. The Morgan fingerprint density at radius 2 is 1.91 bits per heavy atom. The number of carboxylic acid groups (broad SMARTS) is 1. The number of hydrogen-bond donors (Lipinski definition) is 1. The zero-order valence-electron chi connectivity index (χ0n) is 13.4. The Bertz CT molecular complexity index is 607. The standard InChI is InChI=1S/C19H23NO3/c1-20-15-4-2-5-16(14-15)23-19-11-8-18(9-12-19,10-13-19)7-3-6-17(21)22/h2,4-5,14H,3,6-13H2,(H,21,22). The molecule has 0 atom stereocenters. The maximum atomic E-state index is 10.7. The van der Waals surface area contributed by atoms with Gasteiger partial charge in [-0.05, 0) is 68.9 Å². The van der Waals surface area contributed by atoms with Crippen molar-refractivity contribution < 1.29 is 14.6 Å². The van der Waals surface area contributed by atoms with Crippen LogP contribution < -0.4 is 4.74 Å². The van der Waals surface area contributed by atoms with Crippen molar-refractivity contribution in [3.63, 3.8) is 0 Å². The van der Waals surface area contributed by atoms with Crippen LogP contribution >= 0.6 is 0 Å². The van der Waals surface area contributed by atoms with Gasteiger partial charge < -0.3 is 9.84 Å². The van der Waals surface area contributed by atoms with Crippen molar-refractivity contribution in [2.45, 2.75) is 63.4 Å². The van der Waals surface area contributed by atoms with E-state index in [4.69, 9.17) is 16.4 Å². The van der Waals surface area contributed by atoms with Crippen LogP contribution in [0.25, 0.3) is 4.85 Å². The summed E-state index contributed by atoms with van der Waals surface area (Å²) in [4.78, 5) is 14.2. The zero-order valence-corrected chi connectivity index (χ0v) is 13.4. The quantitative estimate of drug-likeness (QED) is 0.755. The summed E-state index contributed by atoms with van der Waals surface area (Å²) in [6.07, 6.45) is 8.64. The van der Waals surface area contributed by atoms with Crippen molar-refractivity contribution in [2.75, 3.05) is 0 Å². The molecule has 1 aromatic rings. The Morgan fingerprint density at radius 3 is 2.52 bits per heavy atom. The molecule has 4 heteroatoms. The highest BCUT2D eigenvalue weighted by Gasteiger charge is 2.49. The molecule has 3 fully saturated rings. The second-order valence-corrected chi connectivity index (χ2v) is 7.14. The van der Waals surface area contributed by atoms with Crippen LogP contribution in [0.15, 0.2) is 24.3 Å². The SMILES string of the molecule is [C-]#[N+]c1cccc(OC23CCC(CCCC(=O)O)(CC2)CC3)c1. The van der Waals surface area contributed by atoms with E-state index in [9.17, 15) is 4.79 Å². The molecule has 4 rings (SSSR count). The molecule has 122 valence electrons. The topological polar surface area (TPSA) is 50.9 Å². The number of benzene rings is 1. The number of hydrogen-bond acceptors (Lipinski definition) is 2. The van der Waals surface area contributed by atoms with Crippen molar-refractivity contribution >= 4 is 11.7 Å². The van der Waals surface area contributed by atoms with Crippen LogP contribution in [0.1, 0.15) is 57.8 Å². The van der Waals surface area contributed by atoms with Crippen LogP contribution in [0, 0.1) is 12.0 Å². The fraction of sp³-hybridized carbons (Fsp3) is 0.579. The van der Waals surface area contributed by atoms with E-state index in [1.165, 1.54) is 0 Å². The smallest absolute Gasteiger partial charge is 0.303 e. The fourth-order valence-corrected chi connectivity index (χ4v) is 4.24. The van der Waals surface area contributed by atoms with Gasteiger partial charge in [0.1, 0.15) is 11.4 Å². The molecule has 23 heavy (non-hydrogen) atoms. The lowest BCUT2D eigenvalue weighted by Gasteiger charge is -2.53. The summed E-state index contributed by atoms with van der Waals surface area (Å²) < 4.78 is 6.32. The van der Waals surface area contributed by atoms with E-state index in [0.717, 1.165) is 57.1 Å². The summed E-state index contributed by atoms with van der Waals surface area (Å²) in [6, 6.07) is 7.44. The van der Waals surface area contributed by atoms with E-state index >= 15 is 0 Å². The molecule has 0 aliphatic heterocycles. The summed E-state index contributed by atoms with van der Waals surface area (Å²) in [7, 11) is 0. The molecule has 1 aromatic carbocycles. The minimum Gasteiger partial charge on any atom is -0.489 e. The van der Waals surface area contributed by atoms with Crippen LogP contribution in [-0.2, 0) is 4.79 Å². The van der Waals surface area contributed by atoms with Gasteiger partial charge in [-0.1, -0.05) is 12.1 Å². The largest absolute Gasteiger partial charge is 0.489 e. The predicted molar refractivity (Wildman–Crippen MR) is 87.7 cm³/mol.